The van der Waals surface area contributed by atoms with Crippen molar-refractivity contribution < 1.29 is 13.2 Å². The topological polar surface area (TPSA) is 101 Å². The van der Waals surface area contributed by atoms with Gasteiger partial charge in [0.15, 0.2) is 11.5 Å². The van der Waals surface area contributed by atoms with Gasteiger partial charge in [-0.15, -0.1) is 5.10 Å². The van der Waals surface area contributed by atoms with E-state index in [0.717, 1.165) is 23.2 Å². The van der Waals surface area contributed by atoms with Crippen LogP contribution in [0, 0.1) is 5.41 Å². The fourth-order valence-corrected chi connectivity index (χ4v) is 6.75. The molecule has 0 amide bonds. The second-order valence-electron chi connectivity index (χ2n) is 12.9. The highest BCUT2D eigenvalue weighted by Gasteiger charge is 2.30. The minimum absolute atomic E-state index is 0.0824. The number of anilines is 1. The van der Waals surface area contributed by atoms with Gasteiger partial charge >= 0.3 is 0 Å². The van der Waals surface area contributed by atoms with E-state index in [0.29, 0.717) is 27.9 Å². The summed E-state index contributed by atoms with van der Waals surface area (Å²) in [6, 6.07) is 12.3. The Balaban J connectivity index is 1.61. The first-order chi connectivity index (χ1) is 17.9. The predicted molar refractivity (Wildman–Crippen MR) is 157 cm³/mol. The largest absolute Gasteiger partial charge is 0.495 e. The molecule has 210 valence electrons. The Bertz CT molecular complexity index is 1610. The lowest BCUT2D eigenvalue weighted by atomic mass is 9.72. The Kier molecular flexibility index (Phi) is 7.32. The molecule has 4 aromatic rings. The normalized spacial score (nSPS) is 13.2. The van der Waals surface area contributed by atoms with Crippen molar-refractivity contribution in [2.45, 2.75) is 77.5 Å². The number of aromatic amines is 1. The van der Waals surface area contributed by atoms with Crippen molar-refractivity contribution in [2.24, 2.45) is 5.41 Å². The van der Waals surface area contributed by atoms with Crippen LogP contribution in [0.5, 0.6) is 5.75 Å². The van der Waals surface area contributed by atoms with E-state index in [1.807, 2.05) is 6.07 Å². The zero-order chi connectivity index (χ0) is 29.0. The first-order valence-electron chi connectivity index (χ1n) is 12.9. The number of methoxy groups -OCH3 is 1. The highest BCUT2D eigenvalue weighted by Crippen LogP contribution is 2.39. The number of aromatic nitrogens is 4. The van der Waals surface area contributed by atoms with Crippen LogP contribution in [-0.2, 0) is 20.9 Å². The fourth-order valence-electron chi connectivity index (χ4n) is 5.05. The van der Waals surface area contributed by atoms with Gasteiger partial charge in [-0.1, -0.05) is 73.1 Å². The standard InChI is InChI=1S/C29H38ClN5O3S/c1-27(2,3)17-29(7,8)19-12-15-21(38-9)22(16-19)39(36,37)34-20-13-10-18(11-14-20)25-31-26-23(30)24(28(4,5)6)32-35(26)33-25/h10-16,32,34H,17H2,1-9H3. The van der Waals surface area contributed by atoms with Crippen LogP contribution in [-0.4, -0.2) is 35.3 Å². The quantitative estimate of drug-likeness (QED) is 0.244. The molecule has 0 aliphatic rings. The third-order valence-corrected chi connectivity index (χ3v) is 8.35. The van der Waals surface area contributed by atoms with E-state index < -0.39 is 10.0 Å². The van der Waals surface area contributed by atoms with Gasteiger partial charge in [0.05, 0.1) is 12.8 Å². The van der Waals surface area contributed by atoms with Crippen molar-refractivity contribution in [3.63, 3.8) is 0 Å². The average molecular weight is 572 g/mol. The third kappa shape index (κ3) is 6.09. The number of hydrogen-bond donors (Lipinski definition) is 2. The van der Waals surface area contributed by atoms with Gasteiger partial charge in [-0.3, -0.25) is 9.82 Å². The Morgan fingerprint density at radius 3 is 2.18 bits per heavy atom. The lowest BCUT2D eigenvalue weighted by molar-refractivity contribution is 0.283. The van der Waals surface area contributed by atoms with E-state index in [1.54, 1.807) is 41.0 Å². The summed E-state index contributed by atoms with van der Waals surface area (Å²) in [5.41, 5.74) is 3.16. The Morgan fingerprint density at radius 2 is 1.64 bits per heavy atom. The number of fused-ring (bicyclic) bond motifs is 1. The number of halogens is 1. The average Bonchev–Trinajstić information content (AvgIpc) is 3.36. The molecular formula is C29H38ClN5O3S. The molecule has 0 saturated carbocycles. The van der Waals surface area contributed by atoms with Gasteiger partial charge in [-0.2, -0.15) is 4.63 Å². The number of benzene rings is 2. The van der Waals surface area contributed by atoms with Crippen molar-refractivity contribution in [1.29, 1.82) is 0 Å². The van der Waals surface area contributed by atoms with Crippen LogP contribution < -0.4 is 9.46 Å². The minimum Gasteiger partial charge on any atom is -0.495 e. The molecule has 0 unspecified atom stereocenters. The molecule has 10 heteroatoms. The fraction of sp³-hybridized carbons (Fsp3) is 0.448. The summed E-state index contributed by atoms with van der Waals surface area (Å²) in [6.07, 6.45) is 0.889. The molecule has 0 aliphatic heterocycles. The van der Waals surface area contributed by atoms with Crippen LogP contribution in [0.2, 0.25) is 5.02 Å². The van der Waals surface area contributed by atoms with Crippen molar-refractivity contribution >= 4 is 33.0 Å². The molecule has 0 saturated heterocycles. The van der Waals surface area contributed by atoms with Crippen molar-refractivity contribution in [3.05, 3.63) is 58.7 Å². The molecule has 2 aromatic carbocycles. The van der Waals surface area contributed by atoms with E-state index in [4.69, 9.17) is 16.3 Å². The van der Waals surface area contributed by atoms with Crippen LogP contribution in [0.3, 0.4) is 0 Å². The van der Waals surface area contributed by atoms with E-state index >= 15 is 0 Å². The molecule has 2 N–H and O–H groups in total. The molecule has 0 aliphatic carbocycles. The van der Waals surface area contributed by atoms with Gasteiger partial charge in [0.25, 0.3) is 10.0 Å². The molecule has 0 bridgehead atoms. The SMILES string of the molecule is COc1ccc(C(C)(C)CC(C)(C)C)cc1S(=O)(=O)Nc1ccc(-c2nc3c(Cl)c(C(C)(C)C)[nH]n3n2)cc1. The zero-order valence-corrected chi connectivity index (χ0v) is 25.7. The summed E-state index contributed by atoms with van der Waals surface area (Å²) in [7, 11) is -2.46. The Morgan fingerprint density at radius 1 is 1.00 bits per heavy atom. The molecule has 2 aromatic heterocycles. The van der Waals surface area contributed by atoms with Crippen LogP contribution in [0.1, 0.15) is 73.1 Å². The summed E-state index contributed by atoms with van der Waals surface area (Å²) in [4.78, 5) is 4.68. The molecule has 0 atom stereocenters. The molecule has 39 heavy (non-hydrogen) atoms. The van der Waals surface area contributed by atoms with Gasteiger partial charge in [0.1, 0.15) is 15.7 Å². The molecule has 2 heterocycles. The predicted octanol–water partition coefficient (Wildman–Crippen LogP) is 7.20. The summed E-state index contributed by atoms with van der Waals surface area (Å²) < 4.78 is 36.7. The zero-order valence-electron chi connectivity index (χ0n) is 24.1. The summed E-state index contributed by atoms with van der Waals surface area (Å²) in [6.45, 7) is 17.0. The summed E-state index contributed by atoms with van der Waals surface area (Å²) in [5, 5.41) is 8.26. The maximum atomic E-state index is 13.5. The second kappa shape index (κ2) is 9.86. The lowest BCUT2D eigenvalue weighted by Crippen LogP contribution is -2.25. The minimum atomic E-state index is -3.93. The van der Waals surface area contributed by atoms with Crippen LogP contribution in [0.25, 0.3) is 17.0 Å². The number of sulfonamides is 1. The molecular weight excluding hydrogens is 534 g/mol. The highest BCUT2D eigenvalue weighted by atomic mass is 35.5. The maximum Gasteiger partial charge on any atom is 0.265 e. The van der Waals surface area contributed by atoms with Crippen LogP contribution in [0.15, 0.2) is 47.4 Å². The number of ether oxygens (including phenoxy) is 1. The smallest absolute Gasteiger partial charge is 0.265 e. The van der Waals surface area contributed by atoms with Gasteiger partial charge < -0.3 is 4.74 Å². The Hall–Kier alpha value is -3.04. The van der Waals surface area contributed by atoms with Crippen molar-refractivity contribution in [1.82, 2.24) is 19.8 Å². The molecule has 4 rings (SSSR count). The number of nitrogens with zero attached hydrogens (tertiary/aromatic N) is 3. The first kappa shape index (κ1) is 29.0. The highest BCUT2D eigenvalue weighted by molar-refractivity contribution is 7.92. The number of nitrogens with one attached hydrogen (secondary N) is 2. The number of hydrogen-bond acceptors (Lipinski definition) is 5. The summed E-state index contributed by atoms with van der Waals surface area (Å²) >= 11 is 6.55. The monoisotopic (exact) mass is 571 g/mol. The lowest BCUT2D eigenvalue weighted by Gasteiger charge is -2.33. The Labute approximate surface area is 236 Å². The van der Waals surface area contributed by atoms with E-state index in [-0.39, 0.29) is 21.1 Å². The van der Waals surface area contributed by atoms with Crippen LogP contribution in [0.4, 0.5) is 5.69 Å². The van der Waals surface area contributed by atoms with E-state index in [1.165, 1.54) is 7.11 Å². The van der Waals surface area contributed by atoms with Gasteiger partial charge in [-0.05, 0) is 59.2 Å². The summed E-state index contributed by atoms with van der Waals surface area (Å²) in [5.74, 6) is 0.770. The molecule has 0 fully saturated rings. The molecule has 8 nitrogen and oxygen atoms in total. The second-order valence-corrected chi connectivity index (χ2v) is 14.9. The third-order valence-electron chi connectivity index (χ3n) is 6.59. The van der Waals surface area contributed by atoms with Gasteiger partial charge in [0.2, 0.25) is 0 Å². The molecule has 0 spiro atoms. The molecule has 0 radical (unpaired) electrons. The van der Waals surface area contributed by atoms with Gasteiger partial charge in [-0.25, -0.2) is 13.4 Å². The van der Waals surface area contributed by atoms with Crippen molar-refractivity contribution in [3.8, 4) is 17.1 Å². The van der Waals surface area contributed by atoms with Crippen LogP contribution >= 0.6 is 11.6 Å². The van der Waals surface area contributed by atoms with E-state index in [2.05, 4.69) is 75.3 Å². The number of H-pyrrole nitrogens is 1. The van der Waals surface area contributed by atoms with Gasteiger partial charge in [0, 0.05) is 16.7 Å². The first-order valence-corrected chi connectivity index (χ1v) is 14.7. The number of rotatable bonds is 7. The van der Waals surface area contributed by atoms with E-state index in [9.17, 15) is 8.42 Å². The van der Waals surface area contributed by atoms with Crippen molar-refractivity contribution in [2.75, 3.05) is 11.8 Å². The maximum absolute atomic E-state index is 13.5.